The quantitative estimate of drug-likeness (QED) is 0.643. The highest BCUT2D eigenvalue weighted by molar-refractivity contribution is 5.92. The van der Waals surface area contributed by atoms with Gasteiger partial charge in [-0.3, -0.25) is 4.79 Å². The molecule has 3 nitrogen and oxygen atoms in total. The summed E-state index contributed by atoms with van der Waals surface area (Å²) in [6.07, 6.45) is 6.00. The van der Waals surface area contributed by atoms with E-state index < -0.39 is 0 Å². The maximum absolute atomic E-state index is 12.2. The first kappa shape index (κ1) is 21.0. The molecule has 3 heteroatoms. The van der Waals surface area contributed by atoms with Crippen molar-refractivity contribution in [1.29, 1.82) is 0 Å². The standard InChI is InChI=1S/C26H32N2O/c1-18(20-10-8-7-9-11-20)23-12-19(14-25(2,3)4)17-27-24(23)28-21-13-22(29)16-26(5,6)15-21/h7-13,17H,1,14-16H2,2-6H3,(H,27,28). The van der Waals surface area contributed by atoms with Gasteiger partial charge in [0, 0.05) is 30.0 Å². The van der Waals surface area contributed by atoms with Crippen LogP contribution in [0.1, 0.15) is 64.2 Å². The van der Waals surface area contributed by atoms with Crippen molar-refractivity contribution >= 4 is 17.2 Å². The van der Waals surface area contributed by atoms with Crippen LogP contribution in [0.5, 0.6) is 0 Å². The monoisotopic (exact) mass is 388 g/mol. The minimum Gasteiger partial charge on any atom is -0.343 e. The van der Waals surface area contributed by atoms with Crippen LogP contribution in [-0.4, -0.2) is 10.8 Å². The van der Waals surface area contributed by atoms with Gasteiger partial charge in [0.25, 0.3) is 0 Å². The lowest BCUT2D eigenvalue weighted by atomic mass is 9.79. The molecule has 0 atom stereocenters. The summed E-state index contributed by atoms with van der Waals surface area (Å²) < 4.78 is 0. The Morgan fingerprint density at radius 2 is 1.86 bits per heavy atom. The van der Waals surface area contributed by atoms with Crippen LogP contribution in [-0.2, 0) is 11.2 Å². The van der Waals surface area contributed by atoms with Crippen molar-refractivity contribution in [2.45, 2.75) is 53.9 Å². The molecule has 1 N–H and O–H groups in total. The van der Waals surface area contributed by atoms with E-state index in [1.807, 2.05) is 24.4 Å². The molecule has 0 saturated carbocycles. The maximum atomic E-state index is 12.2. The molecule has 1 aliphatic rings. The highest BCUT2D eigenvalue weighted by Crippen LogP contribution is 2.36. The second-order valence-electron chi connectivity index (χ2n) is 10.1. The van der Waals surface area contributed by atoms with Gasteiger partial charge in [0.05, 0.1) is 0 Å². The number of aromatic nitrogens is 1. The van der Waals surface area contributed by atoms with Gasteiger partial charge >= 0.3 is 0 Å². The zero-order valence-electron chi connectivity index (χ0n) is 18.3. The number of hydrogen-bond donors (Lipinski definition) is 1. The third kappa shape index (κ3) is 5.66. The van der Waals surface area contributed by atoms with Crippen molar-refractivity contribution in [3.8, 4) is 0 Å². The molecule has 1 aliphatic carbocycles. The van der Waals surface area contributed by atoms with Crippen LogP contribution in [0.3, 0.4) is 0 Å². The van der Waals surface area contributed by atoms with Gasteiger partial charge in [-0.2, -0.15) is 0 Å². The average Bonchev–Trinajstić information content (AvgIpc) is 2.60. The molecule has 0 unspecified atom stereocenters. The predicted molar refractivity (Wildman–Crippen MR) is 122 cm³/mol. The number of allylic oxidation sites excluding steroid dienone is 2. The van der Waals surface area contributed by atoms with Crippen molar-refractivity contribution in [3.63, 3.8) is 0 Å². The fraction of sp³-hybridized carbons (Fsp3) is 0.385. The lowest BCUT2D eigenvalue weighted by molar-refractivity contribution is -0.117. The molecule has 29 heavy (non-hydrogen) atoms. The SMILES string of the molecule is C=C(c1ccccc1)c1cc(CC(C)(C)C)cnc1NC1=CC(=O)CC(C)(C)C1. The zero-order valence-corrected chi connectivity index (χ0v) is 18.3. The van der Waals surface area contributed by atoms with E-state index in [0.29, 0.717) is 6.42 Å². The molecule has 3 rings (SSSR count). The lowest BCUT2D eigenvalue weighted by Crippen LogP contribution is -2.24. The number of pyridine rings is 1. The third-order valence-electron chi connectivity index (χ3n) is 5.06. The summed E-state index contributed by atoms with van der Waals surface area (Å²) in [4.78, 5) is 16.9. The molecule has 0 spiro atoms. The fourth-order valence-electron chi connectivity index (χ4n) is 3.92. The van der Waals surface area contributed by atoms with Crippen LogP contribution in [0.25, 0.3) is 5.57 Å². The number of nitrogens with zero attached hydrogens (tertiary/aromatic N) is 1. The van der Waals surface area contributed by atoms with Crippen molar-refractivity contribution in [3.05, 3.63) is 77.6 Å². The molecule has 0 saturated heterocycles. The van der Waals surface area contributed by atoms with Gasteiger partial charge in [0.1, 0.15) is 5.82 Å². The smallest absolute Gasteiger partial charge is 0.157 e. The number of anilines is 1. The van der Waals surface area contributed by atoms with Gasteiger partial charge in [-0.15, -0.1) is 0 Å². The van der Waals surface area contributed by atoms with Crippen LogP contribution in [0.4, 0.5) is 5.82 Å². The van der Waals surface area contributed by atoms with E-state index in [4.69, 9.17) is 4.98 Å². The van der Waals surface area contributed by atoms with Crippen LogP contribution in [0.15, 0.2) is 60.9 Å². The van der Waals surface area contributed by atoms with Gasteiger partial charge < -0.3 is 5.32 Å². The topological polar surface area (TPSA) is 42.0 Å². The summed E-state index contributed by atoms with van der Waals surface area (Å²) >= 11 is 0. The lowest BCUT2D eigenvalue weighted by Gasteiger charge is -2.29. The van der Waals surface area contributed by atoms with Crippen molar-refractivity contribution in [2.24, 2.45) is 10.8 Å². The first-order chi connectivity index (χ1) is 13.5. The Morgan fingerprint density at radius 1 is 1.17 bits per heavy atom. The van der Waals surface area contributed by atoms with Crippen molar-refractivity contribution in [2.75, 3.05) is 5.32 Å². The minimum absolute atomic E-state index is 0.0447. The summed E-state index contributed by atoms with van der Waals surface area (Å²) in [5.74, 6) is 0.921. The minimum atomic E-state index is -0.0447. The maximum Gasteiger partial charge on any atom is 0.157 e. The molecule has 1 heterocycles. The van der Waals surface area contributed by atoms with Gasteiger partial charge in [-0.05, 0) is 46.4 Å². The number of carbonyl (C=O) groups excluding carboxylic acids is 1. The summed E-state index contributed by atoms with van der Waals surface area (Å²) in [7, 11) is 0. The van der Waals surface area contributed by atoms with Crippen LogP contribution in [0.2, 0.25) is 0 Å². The number of carbonyl (C=O) groups is 1. The first-order valence-electron chi connectivity index (χ1n) is 10.3. The summed E-state index contributed by atoms with van der Waals surface area (Å²) in [6, 6.07) is 12.4. The number of benzene rings is 1. The fourth-order valence-corrected chi connectivity index (χ4v) is 3.92. The third-order valence-corrected chi connectivity index (χ3v) is 5.06. The van der Waals surface area contributed by atoms with Gasteiger partial charge in [-0.1, -0.05) is 71.5 Å². The molecule has 2 aromatic rings. The van der Waals surface area contributed by atoms with Crippen LogP contribution in [0, 0.1) is 10.8 Å². The Bertz CT molecular complexity index is 946. The van der Waals surface area contributed by atoms with E-state index in [1.54, 1.807) is 6.08 Å². The molecular formula is C26H32N2O. The highest BCUT2D eigenvalue weighted by Gasteiger charge is 2.28. The largest absolute Gasteiger partial charge is 0.343 e. The number of rotatable bonds is 5. The van der Waals surface area contributed by atoms with Crippen molar-refractivity contribution < 1.29 is 4.79 Å². The van der Waals surface area contributed by atoms with Crippen molar-refractivity contribution in [1.82, 2.24) is 4.98 Å². The number of ketones is 1. The summed E-state index contributed by atoms with van der Waals surface area (Å²) in [6.45, 7) is 15.3. The Morgan fingerprint density at radius 3 is 2.48 bits per heavy atom. The van der Waals surface area contributed by atoms with E-state index >= 15 is 0 Å². The second-order valence-corrected chi connectivity index (χ2v) is 10.1. The molecule has 0 radical (unpaired) electrons. The Hall–Kier alpha value is -2.68. The van der Waals surface area contributed by atoms with E-state index in [9.17, 15) is 4.79 Å². The van der Waals surface area contributed by atoms with Crippen LogP contribution >= 0.6 is 0 Å². The average molecular weight is 389 g/mol. The molecule has 0 aliphatic heterocycles. The summed E-state index contributed by atoms with van der Waals surface area (Å²) in [5.41, 5.74) is 5.21. The van der Waals surface area contributed by atoms with E-state index in [1.165, 1.54) is 5.56 Å². The molecule has 1 aromatic heterocycles. The first-order valence-corrected chi connectivity index (χ1v) is 10.3. The Kier molecular flexibility index (Phi) is 5.79. The second kappa shape index (κ2) is 7.98. The normalized spacial score (nSPS) is 16.3. The zero-order chi connectivity index (χ0) is 21.2. The molecular weight excluding hydrogens is 356 g/mol. The Labute approximate surface area is 175 Å². The molecule has 152 valence electrons. The van der Waals surface area contributed by atoms with Gasteiger partial charge in [0.15, 0.2) is 5.78 Å². The highest BCUT2D eigenvalue weighted by atomic mass is 16.1. The molecule has 0 amide bonds. The Balaban J connectivity index is 1.99. The van der Waals surface area contributed by atoms with E-state index in [-0.39, 0.29) is 16.6 Å². The molecule has 0 bridgehead atoms. The van der Waals surface area contributed by atoms with Gasteiger partial charge in [-0.25, -0.2) is 4.98 Å². The number of hydrogen-bond acceptors (Lipinski definition) is 3. The molecule has 0 fully saturated rings. The van der Waals surface area contributed by atoms with Gasteiger partial charge in [0.2, 0.25) is 0 Å². The van der Waals surface area contributed by atoms with Crippen LogP contribution < -0.4 is 5.32 Å². The van der Waals surface area contributed by atoms with E-state index in [2.05, 4.69) is 64.7 Å². The predicted octanol–water partition coefficient (Wildman–Crippen LogP) is 6.42. The number of nitrogens with one attached hydrogen (secondary N) is 1. The van der Waals surface area contributed by atoms with E-state index in [0.717, 1.165) is 41.1 Å². The summed E-state index contributed by atoms with van der Waals surface area (Å²) in [5, 5.41) is 3.44. The molecule has 1 aromatic carbocycles.